The molecule has 4 heteroatoms. The van der Waals surface area contributed by atoms with Crippen molar-refractivity contribution in [3.63, 3.8) is 0 Å². The molecule has 0 saturated heterocycles. The third-order valence-electron chi connectivity index (χ3n) is 0.699. The molecular weight excluding hydrogens is 234 g/mol. The van der Waals surface area contributed by atoms with Crippen molar-refractivity contribution in [1.29, 1.82) is 0 Å². The van der Waals surface area contributed by atoms with Gasteiger partial charge in [0.05, 0.1) is 0 Å². The average Bonchev–Trinajstić information content (AvgIpc) is 1.59. The van der Waals surface area contributed by atoms with E-state index in [0.29, 0.717) is 0 Å². The summed E-state index contributed by atoms with van der Waals surface area (Å²) in [5, 5.41) is 15.0. The van der Waals surface area contributed by atoms with Crippen LogP contribution in [-0.2, 0) is 0 Å². The molecule has 0 aromatic rings. The Hall–Kier alpha value is 1.01. The fraction of sp³-hybridized carbons (Fsp3) is 1.00. The van der Waals surface area contributed by atoms with Gasteiger partial charge in [-0.2, -0.15) is 0 Å². The maximum atomic E-state index is 8.48. The Morgan fingerprint density at radius 1 is 1.50 bits per heavy atom. The Balaban J connectivity index is 3.11. The van der Waals surface area contributed by atoms with Gasteiger partial charge < -0.3 is 0 Å². The van der Waals surface area contributed by atoms with Crippen molar-refractivity contribution in [1.82, 2.24) is 0 Å². The van der Waals surface area contributed by atoms with Gasteiger partial charge in [-0.1, -0.05) is 0 Å². The van der Waals surface area contributed by atoms with E-state index in [1.165, 1.54) is 0 Å². The molecule has 0 amide bonds. The molecule has 0 spiro atoms. The Morgan fingerprint density at radius 2 is 2.00 bits per heavy atom. The van der Waals surface area contributed by atoms with Gasteiger partial charge in [0, 0.05) is 0 Å². The molecule has 2 N–H and O–H groups in total. The Kier molecular flexibility index (Phi) is 4.42. The van der Waals surface area contributed by atoms with Gasteiger partial charge in [0.25, 0.3) is 0 Å². The fourth-order valence-corrected chi connectivity index (χ4v) is 1.04. The topological polar surface area (TPSA) is 40.5 Å². The van der Waals surface area contributed by atoms with Crippen LogP contribution in [0.5, 0.6) is 0 Å². The normalized spacial score (nSPS) is 12.0. The first-order valence-electron chi connectivity index (χ1n) is 2.40. The third kappa shape index (κ3) is 7.01. The van der Waals surface area contributed by atoms with E-state index in [-0.39, 0.29) is 6.42 Å². The van der Waals surface area contributed by atoms with Crippen LogP contribution in [0.1, 0.15) is 12.8 Å². The van der Waals surface area contributed by atoms with Crippen molar-refractivity contribution in [2.75, 3.05) is 0 Å². The molecule has 0 saturated carbocycles. The van der Waals surface area contributed by atoms with Gasteiger partial charge in [-0.05, 0) is 0 Å². The van der Waals surface area contributed by atoms with E-state index in [9.17, 15) is 0 Å². The number of alkyl halides is 1. The SMILES string of the molecule is OC(O)(Cl)CC[CH2][SnH]. The Bertz CT molecular complexity index is 61.5. The van der Waals surface area contributed by atoms with Crippen LogP contribution in [0.2, 0.25) is 4.44 Å². The molecule has 0 aliphatic heterocycles. The molecule has 0 atom stereocenters. The van der Waals surface area contributed by atoms with E-state index in [1.807, 2.05) is 0 Å². The summed E-state index contributed by atoms with van der Waals surface area (Å²) in [6.07, 6.45) is 1.08. The van der Waals surface area contributed by atoms with E-state index in [2.05, 4.69) is 0 Å². The van der Waals surface area contributed by atoms with E-state index >= 15 is 0 Å². The molecule has 0 bridgehead atoms. The zero-order chi connectivity index (χ0) is 6.62. The molecule has 0 rings (SSSR count). The molecule has 0 aliphatic carbocycles. The predicted molar refractivity (Wildman–Crippen MR) is 34.2 cm³/mol. The van der Waals surface area contributed by atoms with E-state index in [1.54, 1.807) is 0 Å². The first-order valence-corrected chi connectivity index (χ1v) is 5.11. The minimum absolute atomic E-state index is 0.274. The van der Waals surface area contributed by atoms with Crippen LogP contribution in [-0.4, -0.2) is 38.0 Å². The number of aliphatic hydroxyl groups is 2. The quantitative estimate of drug-likeness (QED) is 0.415. The van der Waals surface area contributed by atoms with Crippen LogP contribution in [0.3, 0.4) is 0 Å². The Morgan fingerprint density at radius 3 is 2.12 bits per heavy atom. The summed E-state index contributed by atoms with van der Waals surface area (Å²) in [4.78, 5) is 0. The van der Waals surface area contributed by atoms with Gasteiger partial charge in [-0.15, -0.1) is 0 Å². The summed E-state index contributed by atoms with van der Waals surface area (Å²) in [5.41, 5.74) is 0. The molecule has 8 heavy (non-hydrogen) atoms. The van der Waals surface area contributed by atoms with Gasteiger partial charge in [0.1, 0.15) is 0 Å². The monoisotopic (exact) mass is 244 g/mol. The third-order valence-corrected chi connectivity index (χ3v) is 2.05. The van der Waals surface area contributed by atoms with Crippen molar-refractivity contribution < 1.29 is 10.2 Å². The van der Waals surface area contributed by atoms with Gasteiger partial charge in [-0.3, -0.25) is 0 Å². The molecule has 0 fully saturated rings. The summed E-state index contributed by atoms with van der Waals surface area (Å²) >= 11 is 6.19. The molecule has 0 aliphatic rings. The number of hydrogen-bond donors (Lipinski definition) is 2. The van der Waals surface area contributed by atoms with Gasteiger partial charge in [0.15, 0.2) is 0 Å². The van der Waals surface area contributed by atoms with Crippen molar-refractivity contribution in [2.45, 2.75) is 22.5 Å². The molecule has 2 nitrogen and oxygen atoms in total. The maximum absolute atomic E-state index is 8.48. The minimum atomic E-state index is -1.96. The van der Waals surface area contributed by atoms with Crippen LogP contribution < -0.4 is 0 Å². The summed E-state index contributed by atoms with van der Waals surface area (Å²) in [5.74, 6) is 0. The van der Waals surface area contributed by atoms with Crippen molar-refractivity contribution in [3.05, 3.63) is 0 Å². The van der Waals surface area contributed by atoms with Gasteiger partial charge in [0.2, 0.25) is 0 Å². The Labute approximate surface area is 66.9 Å². The van der Waals surface area contributed by atoms with Crippen LogP contribution in [0, 0.1) is 0 Å². The van der Waals surface area contributed by atoms with Crippen molar-refractivity contribution in [3.8, 4) is 0 Å². The van der Waals surface area contributed by atoms with Crippen LogP contribution in [0.25, 0.3) is 0 Å². The second-order valence-corrected chi connectivity index (χ2v) is 3.86. The number of halogens is 1. The summed E-state index contributed by atoms with van der Waals surface area (Å²) in [6, 6.07) is 0. The summed E-state index contributed by atoms with van der Waals surface area (Å²) in [7, 11) is 0. The molecule has 0 heterocycles. The second kappa shape index (κ2) is 3.93. The second-order valence-electron chi connectivity index (χ2n) is 1.61. The first kappa shape index (κ1) is 9.01. The molecular formula is C4H9ClO2Sn. The van der Waals surface area contributed by atoms with E-state index in [4.69, 9.17) is 21.8 Å². The molecule has 0 aromatic carbocycles. The average molecular weight is 243 g/mol. The van der Waals surface area contributed by atoms with Crippen LogP contribution in [0.15, 0.2) is 0 Å². The van der Waals surface area contributed by atoms with E-state index < -0.39 is 5.25 Å². The molecule has 48 valence electrons. The standard InChI is InChI=1S/C4H8ClO2.Sn.H/c1-2-3-4(5,6)7;;/h6-7H,1-3H2;;. The van der Waals surface area contributed by atoms with Crippen molar-refractivity contribution in [2.24, 2.45) is 0 Å². The van der Waals surface area contributed by atoms with Gasteiger partial charge in [-0.25, -0.2) is 0 Å². The van der Waals surface area contributed by atoms with Gasteiger partial charge >= 0.3 is 66.9 Å². The first-order chi connectivity index (χ1) is 3.56. The molecule has 0 aromatic heterocycles. The molecule has 2 radical (unpaired) electrons. The fourth-order valence-electron chi connectivity index (χ4n) is 0.327. The number of rotatable bonds is 3. The summed E-state index contributed by atoms with van der Waals surface area (Å²) in [6.45, 7) is 0. The number of hydrogen-bond acceptors (Lipinski definition) is 2. The molecule has 0 unspecified atom stereocenters. The van der Waals surface area contributed by atoms with Crippen LogP contribution >= 0.6 is 11.6 Å². The predicted octanol–water partition coefficient (Wildman–Crippen LogP) is -0.0371. The zero-order valence-electron chi connectivity index (χ0n) is 4.47. The van der Waals surface area contributed by atoms with Crippen LogP contribution in [0.4, 0.5) is 0 Å². The zero-order valence-corrected chi connectivity index (χ0v) is 8.52. The van der Waals surface area contributed by atoms with Crippen molar-refractivity contribution >= 4 is 34.1 Å². The summed E-state index contributed by atoms with van der Waals surface area (Å²) < 4.78 is 1.06. The van der Waals surface area contributed by atoms with E-state index in [0.717, 1.165) is 33.4 Å².